The number of amides is 1. The lowest BCUT2D eigenvalue weighted by molar-refractivity contribution is 0.0949. The second-order valence-corrected chi connectivity index (χ2v) is 7.19. The summed E-state index contributed by atoms with van der Waals surface area (Å²) in [6.45, 7) is 0.380. The number of rotatable bonds is 5. The van der Waals surface area contributed by atoms with E-state index in [2.05, 4.69) is 15.6 Å². The Bertz CT molecular complexity index is 1330. The minimum absolute atomic E-state index is 0.169. The summed E-state index contributed by atoms with van der Waals surface area (Å²) in [5.41, 5.74) is 3.80. The first-order chi connectivity index (χ1) is 14.5. The molecule has 30 heavy (non-hydrogen) atoms. The van der Waals surface area contributed by atoms with Crippen molar-refractivity contribution in [2.24, 2.45) is 5.10 Å². The van der Waals surface area contributed by atoms with Gasteiger partial charge >= 0.3 is 0 Å². The molecule has 1 amide bonds. The summed E-state index contributed by atoms with van der Waals surface area (Å²) in [6.07, 6.45) is 4.19. The van der Waals surface area contributed by atoms with Crippen molar-refractivity contribution in [2.75, 3.05) is 0 Å². The molecule has 2 heterocycles. The highest BCUT2D eigenvalue weighted by molar-refractivity contribution is 6.35. The molecule has 0 aliphatic heterocycles. The first kappa shape index (κ1) is 19.9. The topological polar surface area (TPSA) is 89.5 Å². The summed E-state index contributed by atoms with van der Waals surface area (Å²) in [4.78, 5) is 24.7. The van der Waals surface area contributed by atoms with Crippen LogP contribution in [0.25, 0.3) is 11.0 Å². The van der Waals surface area contributed by atoms with Gasteiger partial charge in [0.15, 0.2) is 5.69 Å². The molecule has 4 rings (SSSR count). The fraction of sp³-hybridized carbons (Fsp3) is 0.0476. The molecule has 2 aromatic heterocycles. The number of carbonyl (C=O) groups excluding carboxylic acids is 1. The third-order valence-electron chi connectivity index (χ3n) is 4.30. The van der Waals surface area contributed by atoms with Crippen LogP contribution in [0.4, 0.5) is 0 Å². The fourth-order valence-corrected chi connectivity index (χ4v) is 3.26. The summed E-state index contributed by atoms with van der Waals surface area (Å²) in [5.74, 6) is -0.516. The number of fused-ring (bicyclic) bond motifs is 1. The van der Waals surface area contributed by atoms with Crippen molar-refractivity contribution in [3.05, 3.63) is 98.1 Å². The van der Waals surface area contributed by atoms with Crippen molar-refractivity contribution < 1.29 is 9.21 Å². The molecule has 0 aliphatic rings. The summed E-state index contributed by atoms with van der Waals surface area (Å²) < 4.78 is 6.98. The summed E-state index contributed by atoms with van der Waals surface area (Å²) in [6, 6.07) is 13.6. The second-order valence-electron chi connectivity index (χ2n) is 6.35. The Labute approximate surface area is 180 Å². The van der Waals surface area contributed by atoms with Crippen molar-refractivity contribution in [3.8, 4) is 0 Å². The SMILES string of the molecule is O=C(N/N=C/c1coc2ccccc2c1=O)c1ccn(Cc2ccc(Cl)cc2Cl)n1. The number of carbonyl (C=O) groups is 1. The average molecular weight is 441 g/mol. The highest BCUT2D eigenvalue weighted by Crippen LogP contribution is 2.21. The molecule has 1 N–H and O–H groups in total. The zero-order valence-corrected chi connectivity index (χ0v) is 16.9. The van der Waals surface area contributed by atoms with Crippen LogP contribution in [0, 0.1) is 0 Å². The van der Waals surface area contributed by atoms with Gasteiger partial charge in [-0.2, -0.15) is 10.2 Å². The molecule has 9 heteroatoms. The Hall–Kier alpha value is -3.42. The van der Waals surface area contributed by atoms with E-state index in [0.717, 1.165) is 5.56 Å². The Morgan fingerprint density at radius 2 is 2.03 bits per heavy atom. The number of hydrazone groups is 1. The van der Waals surface area contributed by atoms with Crippen molar-refractivity contribution in [2.45, 2.75) is 6.54 Å². The van der Waals surface area contributed by atoms with Crippen LogP contribution >= 0.6 is 23.2 Å². The summed E-state index contributed by atoms with van der Waals surface area (Å²) in [7, 11) is 0. The molecular formula is C21H14Cl2N4O3. The lowest BCUT2D eigenvalue weighted by Gasteiger charge is -2.05. The van der Waals surface area contributed by atoms with Crippen LogP contribution in [0.5, 0.6) is 0 Å². The van der Waals surface area contributed by atoms with Crippen LogP contribution in [-0.2, 0) is 6.54 Å². The first-order valence-electron chi connectivity index (χ1n) is 8.82. The molecule has 0 radical (unpaired) electrons. The monoisotopic (exact) mass is 440 g/mol. The maximum atomic E-state index is 12.4. The molecule has 0 saturated carbocycles. The van der Waals surface area contributed by atoms with Crippen molar-refractivity contribution in [1.29, 1.82) is 0 Å². The number of nitrogens with zero attached hydrogens (tertiary/aromatic N) is 3. The van der Waals surface area contributed by atoms with E-state index in [9.17, 15) is 9.59 Å². The highest BCUT2D eigenvalue weighted by atomic mass is 35.5. The van der Waals surface area contributed by atoms with Crippen molar-refractivity contribution in [3.63, 3.8) is 0 Å². The number of hydrogen-bond acceptors (Lipinski definition) is 5. The van der Waals surface area contributed by atoms with E-state index in [1.165, 1.54) is 12.5 Å². The molecule has 0 bridgehead atoms. The Morgan fingerprint density at radius 3 is 2.87 bits per heavy atom. The Balaban J connectivity index is 1.43. The standard InChI is InChI=1S/C21H14Cl2N4O3/c22-15-6-5-13(17(23)9-15)11-27-8-7-18(26-27)21(29)25-24-10-14-12-30-19-4-2-1-3-16(19)20(14)28/h1-10,12H,11H2,(H,25,29)/b24-10+. The molecule has 0 saturated heterocycles. The third kappa shape index (κ3) is 4.27. The van der Waals surface area contributed by atoms with E-state index in [4.69, 9.17) is 27.6 Å². The van der Waals surface area contributed by atoms with Gasteiger partial charge in [0.25, 0.3) is 5.91 Å². The Morgan fingerprint density at radius 1 is 1.20 bits per heavy atom. The summed E-state index contributed by atoms with van der Waals surface area (Å²) in [5, 5.41) is 9.54. The molecule has 0 unspecified atom stereocenters. The molecule has 4 aromatic rings. The maximum absolute atomic E-state index is 12.4. The van der Waals surface area contributed by atoms with Crippen LogP contribution in [0.3, 0.4) is 0 Å². The van der Waals surface area contributed by atoms with Crippen LogP contribution in [0.2, 0.25) is 10.0 Å². The van der Waals surface area contributed by atoms with Crippen molar-refractivity contribution in [1.82, 2.24) is 15.2 Å². The minimum Gasteiger partial charge on any atom is -0.463 e. The van der Waals surface area contributed by atoms with Crippen LogP contribution in [0.1, 0.15) is 21.6 Å². The molecule has 0 aliphatic carbocycles. The zero-order valence-electron chi connectivity index (χ0n) is 15.4. The van der Waals surface area contributed by atoms with Crippen LogP contribution in [0.15, 0.2) is 75.3 Å². The Kier molecular flexibility index (Phi) is 5.65. The average Bonchev–Trinajstić information content (AvgIpc) is 3.21. The number of halogens is 2. The molecule has 0 spiro atoms. The number of para-hydroxylation sites is 1. The summed E-state index contributed by atoms with van der Waals surface area (Å²) >= 11 is 12.1. The van der Waals surface area contributed by atoms with Gasteiger partial charge in [-0.25, -0.2) is 5.43 Å². The molecular weight excluding hydrogens is 427 g/mol. The number of aromatic nitrogens is 2. The minimum atomic E-state index is -0.516. The lowest BCUT2D eigenvalue weighted by Crippen LogP contribution is -2.19. The third-order valence-corrected chi connectivity index (χ3v) is 4.88. The number of benzene rings is 2. The predicted octanol–water partition coefficient (Wildman–Crippen LogP) is 4.11. The maximum Gasteiger partial charge on any atom is 0.291 e. The molecule has 2 aromatic carbocycles. The van der Waals surface area contributed by atoms with Gasteiger partial charge < -0.3 is 4.42 Å². The van der Waals surface area contributed by atoms with Gasteiger partial charge in [0.2, 0.25) is 5.43 Å². The highest BCUT2D eigenvalue weighted by Gasteiger charge is 2.10. The van der Waals surface area contributed by atoms with Gasteiger partial charge in [-0.05, 0) is 35.9 Å². The molecule has 0 atom stereocenters. The van der Waals surface area contributed by atoms with Gasteiger partial charge in [0.05, 0.1) is 23.7 Å². The van der Waals surface area contributed by atoms with E-state index in [1.807, 2.05) is 0 Å². The van der Waals surface area contributed by atoms with E-state index in [1.54, 1.807) is 59.4 Å². The fourth-order valence-electron chi connectivity index (χ4n) is 2.80. The smallest absolute Gasteiger partial charge is 0.291 e. The quantitative estimate of drug-likeness (QED) is 0.373. The number of nitrogens with one attached hydrogen (secondary N) is 1. The van der Waals surface area contributed by atoms with Crippen LogP contribution in [-0.4, -0.2) is 21.9 Å². The van der Waals surface area contributed by atoms with E-state index >= 15 is 0 Å². The van der Waals surface area contributed by atoms with Crippen molar-refractivity contribution >= 4 is 46.3 Å². The largest absolute Gasteiger partial charge is 0.463 e. The second kappa shape index (κ2) is 8.52. The van der Waals surface area contributed by atoms with Gasteiger partial charge in [-0.15, -0.1) is 0 Å². The van der Waals surface area contributed by atoms with E-state index < -0.39 is 5.91 Å². The number of hydrogen-bond donors (Lipinski definition) is 1. The van der Waals surface area contributed by atoms with Gasteiger partial charge in [0.1, 0.15) is 11.8 Å². The van der Waals surface area contributed by atoms with Crippen LogP contribution < -0.4 is 10.9 Å². The van der Waals surface area contributed by atoms with Gasteiger partial charge in [-0.3, -0.25) is 14.3 Å². The van der Waals surface area contributed by atoms with Gasteiger partial charge in [-0.1, -0.05) is 41.4 Å². The predicted molar refractivity (Wildman–Crippen MR) is 115 cm³/mol. The van der Waals surface area contributed by atoms with E-state index in [0.29, 0.717) is 27.6 Å². The molecule has 150 valence electrons. The zero-order chi connectivity index (χ0) is 21.1. The first-order valence-corrected chi connectivity index (χ1v) is 9.58. The normalized spacial score (nSPS) is 11.3. The van der Waals surface area contributed by atoms with E-state index in [-0.39, 0.29) is 16.7 Å². The van der Waals surface area contributed by atoms with Gasteiger partial charge in [0, 0.05) is 16.2 Å². The molecule has 0 fully saturated rings. The lowest BCUT2D eigenvalue weighted by atomic mass is 10.2. The molecule has 7 nitrogen and oxygen atoms in total.